The highest BCUT2D eigenvalue weighted by Crippen LogP contribution is 2.26. The summed E-state index contributed by atoms with van der Waals surface area (Å²) in [7, 11) is 0. The number of benzene rings is 1. The molecule has 0 unspecified atom stereocenters. The molecule has 0 aliphatic carbocycles. The van der Waals surface area contributed by atoms with Gasteiger partial charge in [-0.15, -0.1) is 0 Å². The maximum Gasteiger partial charge on any atom is 0.288 e. The van der Waals surface area contributed by atoms with E-state index >= 15 is 0 Å². The van der Waals surface area contributed by atoms with Gasteiger partial charge in [0.25, 0.3) is 5.69 Å². The van der Waals surface area contributed by atoms with E-state index in [9.17, 15) is 14.9 Å². The van der Waals surface area contributed by atoms with Crippen LogP contribution in [0.1, 0.15) is 0 Å². The molecule has 1 aromatic carbocycles. The Hall–Kier alpha value is -1.66. The molecular weight excluding hydrogens is 224 g/mol. The van der Waals surface area contributed by atoms with E-state index in [-0.39, 0.29) is 10.7 Å². The summed E-state index contributed by atoms with van der Waals surface area (Å²) in [4.78, 5) is 20.6. The number of hydrogen-bond donors (Lipinski definition) is 2. The first-order valence-electron chi connectivity index (χ1n) is 3.89. The smallest absolute Gasteiger partial charge is 0.288 e. The first-order valence-corrected chi connectivity index (χ1v) is 4.27. The number of nitrogens with zero attached hydrogens (tertiary/aromatic N) is 1. The molecule has 0 aliphatic heterocycles. The summed E-state index contributed by atoms with van der Waals surface area (Å²) in [5.41, 5.74) is 0.0586. The minimum absolute atomic E-state index is 0.0734. The highest BCUT2D eigenvalue weighted by Gasteiger charge is 2.12. The lowest BCUT2D eigenvalue weighted by atomic mass is 10.3. The van der Waals surface area contributed by atoms with Gasteiger partial charge in [0.05, 0.1) is 4.92 Å². The van der Waals surface area contributed by atoms with E-state index in [1.807, 2.05) is 0 Å². The Morgan fingerprint density at radius 1 is 1.60 bits per heavy atom. The second-order valence-electron chi connectivity index (χ2n) is 2.63. The Balaban J connectivity index is 2.91. The van der Waals surface area contributed by atoms with Crippen LogP contribution in [0, 0.1) is 10.1 Å². The second kappa shape index (κ2) is 4.72. The van der Waals surface area contributed by atoms with Crippen molar-refractivity contribution in [1.82, 2.24) is 0 Å². The summed E-state index contributed by atoms with van der Waals surface area (Å²) >= 11 is 5.60. The van der Waals surface area contributed by atoms with Crippen molar-refractivity contribution in [2.45, 2.75) is 0 Å². The quantitative estimate of drug-likeness (QED) is 0.602. The number of nitro benzene ring substituents is 1. The van der Waals surface area contributed by atoms with Crippen LogP contribution in [0.25, 0.3) is 0 Å². The molecule has 15 heavy (non-hydrogen) atoms. The van der Waals surface area contributed by atoms with Crippen LogP contribution in [0.2, 0.25) is 5.02 Å². The molecule has 0 heterocycles. The fourth-order valence-electron chi connectivity index (χ4n) is 0.933. The minimum Gasteiger partial charge on any atom is -0.387 e. The Morgan fingerprint density at radius 2 is 2.27 bits per heavy atom. The lowest BCUT2D eigenvalue weighted by Gasteiger charge is -2.03. The van der Waals surface area contributed by atoms with Crippen LogP contribution in [-0.4, -0.2) is 22.5 Å². The number of anilines is 1. The molecule has 0 atom stereocenters. The summed E-state index contributed by atoms with van der Waals surface area (Å²) in [6, 6.07) is 3.75. The third-order valence-corrected chi connectivity index (χ3v) is 1.87. The summed E-state index contributed by atoms with van der Waals surface area (Å²) < 4.78 is 0. The van der Waals surface area contributed by atoms with Crippen LogP contribution in [0.15, 0.2) is 18.2 Å². The van der Waals surface area contributed by atoms with Gasteiger partial charge in [-0.05, 0) is 12.1 Å². The fraction of sp³-hybridized carbons (Fsp3) is 0.125. The number of amides is 1. The molecule has 7 heteroatoms. The molecule has 0 aliphatic rings. The van der Waals surface area contributed by atoms with E-state index in [1.54, 1.807) is 0 Å². The van der Waals surface area contributed by atoms with Crippen molar-refractivity contribution in [2.24, 2.45) is 0 Å². The molecule has 0 radical (unpaired) electrons. The first kappa shape index (κ1) is 11.4. The molecule has 0 saturated heterocycles. The highest BCUT2D eigenvalue weighted by atomic mass is 35.5. The summed E-state index contributed by atoms with van der Waals surface area (Å²) in [6.07, 6.45) is 0. The number of halogens is 1. The van der Waals surface area contributed by atoms with Gasteiger partial charge in [-0.3, -0.25) is 14.9 Å². The average molecular weight is 231 g/mol. The Morgan fingerprint density at radius 3 is 2.73 bits per heavy atom. The minimum atomic E-state index is -0.658. The summed E-state index contributed by atoms with van der Waals surface area (Å²) in [6.45, 7) is -0.658. The molecule has 80 valence electrons. The maximum absolute atomic E-state index is 10.8. The predicted octanol–water partition coefficient (Wildman–Crippen LogP) is 1.18. The van der Waals surface area contributed by atoms with Crippen molar-refractivity contribution >= 4 is 28.9 Å². The normalized spacial score (nSPS) is 9.73. The largest absolute Gasteiger partial charge is 0.387 e. The van der Waals surface area contributed by atoms with Gasteiger partial charge in [0, 0.05) is 11.8 Å². The van der Waals surface area contributed by atoms with Crippen molar-refractivity contribution in [2.75, 3.05) is 11.9 Å². The van der Waals surface area contributed by atoms with Crippen molar-refractivity contribution in [3.63, 3.8) is 0 Å². The number of nitro groups is 1. The zero-order valence-corrected chi connectivity index (χ0v) is 8.19. The molecular formula is C8H7ClN2O4. The van der Waals surface area contributed by atoms with E-state index in [0.717, 1.165) is 0 Å². The molecule has 6 nitrogen and oxygen atoms in total. The number of carbonyl (C=O) groups is 1. The van der Waals surface area contributed by atoms with Gasteiger partial charge < -0.3 is 10.4 Å². The standard InChI is InChI=1S/C8H7ClN2O4/c9-6-3-5(10-8(13)4-12)1-2-7(6)11(14)15/h1-3,12H,4H2,(H,10,13). The van der Waals surface area contributed by atoms with Crippen molar-refractivity contribution in [3.05, 3.63) is 33.3 Å². The van der Waals surface area contributed by atoms with E-state index in [1.165, 1.54) is 18.2 Å². The molecule has 0 saturated carbocycles. The Bertz CT molecular complexity index is 408. The number of aliphatic hydroxyl groups excluding tert-OH is 1. The monoisotopic (exact) mass is 230 g/mol. The molecule has 0 spiro atoms. The SMILES string of the molecule is O=C(CO)Nc1ccc([N+](=O)[O-])c(Cl)c1. The van der Waals surface area contributed by atoms with Gasteiger partial charge in [-0.25, -0.2) is 0 Å². The zero-order valence-electron chi connectivity index (χ0n) is 7.44. The van der Waals surface area contributed by atoms with E-state index in [4.69, 9.17) is 16.7 Å². The maximum atomic E-state index is 10.8. The fourth-order valence-corrected chi connectivity index (χ4v) is 1.18. The number of nitrogens with one attached hydrogen (secondary N) is 1. The highest BCUT2D eigenvalue weighted by molar-refractivity contribution is 6.33. The van der Waals surface area contributed by atoms with Crippen LogP contribution < -0.4 is 5.32 Å². The number of rotatable bonds is 3. The van der Waals surface area contributed by atoms with Gasteiger partial charge in [-0.1, -0.05) is 11.6 Å². The number of aliphatic hydroxyl groups is 1. The van der Waals surface area contributed by atoms with Crippen molar-refractivity contribution in [1.29, 1.82) is 0 Å². The van der Waals surface area contributed by atoms with Gasteiger partial charge in [0.1, 0.15) is 11.6 Å². The van der Waals surface area contributed by atoms with E-state index < -0.39 is 17.4 Å². The van der Waals surface area contributed by atoms with Gasteiger partial charge in [0.15, 0.2) is 0 Å². The summed E-state index contributed by atoms with van der Waals surface area (Å²) in [5, 5.41) is 21.1. The van der Waals surface area contributed by atoms with Crippen LogP contribution in [0.3, 0.4) is 0 Å². The van der Waals surface area contributed by atoms with Crippen molar-refractivity contribution < 1.29 is 14.8 Å². The molecule has 0 aromatic heterocycles. The third kappa shape index (κ3) is 2.90. The number of carbonyl (C=O) groups excluding carboxylic acids is 1. The first-order chi connectivity index (χ1) is 7.04. The molecule has 0 bridgehead atoms. The predicted molar refractivity (Wildman–Crippen MR) is 53.8 cm³/mol. The molecule has 1 aromatic rings. The molecule has 1 rings (SSSR count). The lowest BCUT2D eigenvalue weighted by Crippen LogP contribution is -2.15. The summed E-state index contributed by atoms with van der Waals surface area (Å²) in [5.74, 6) is -0.611. The number of hydrogen-bond acceptors (Lipinski definition) is 4. The Labute approximate surface area is 89.6 Å². The van der Waals surface area contributed by atoms with Gasteiger partial charge in [-0.2, -0.15) is 0 Å². The topological polar surface area (TPSA) is 92.5 Å². The Kier molecular flexibility index (Phi) is 3.59. The van der Waals surface area contributed by atoms with E-state index in [0.29, 0.717) is 5.69 Å². The van der Waals surface area contributed by atoms with Crippen LogP contribution in [0.4, 0.5) is 11.4 Å². The van der Waals surface area contributed by atoms with Crippen LogP contribution in [-0.2, 0) is 4.79 Å². The van der Waals surface area contributed by atoms with E-state index in [2.05, 4.69) is 5.32 Å². The zero-order chi connectivity index (χ0) is 11.4. The molecule has 2 N–H and O–H groups in total. The lowest BCUT2D eigenvalue weighted by molar-refractivity contribution is -0.384. The average Bonchev–Trinajstić information content (AvgIpc) is 2.17. The van der Waals surface area contributed by atoms with Crippen LogP contribution in [0.5, 0.6) is 0 Å². The third-order valence-electron chi connectivity index (χ3n) is 1.57. The van der Waals surface area contributed by atoms with Crippen LogP contribution >= 0.6 is 11.6 Å². The molecule has 1 amide bonds. The van der Waals surface area contributed by atoms with Gasteiger partial charge >= 0.3 is 0 Å². The second-order valence-corrected chi connectivity index (χ2v) is 3.04. The van der Waals surface area contributed by atoms with Crippen molar-refractivity contribution in [3.8, 4) is 0 Å². The van der Waals surface area contributed by atoms with Gasteiger partial charge in [0.2, 0.25) is 5.91 Å². The molecule has 0 fully saturated rings.